The lowest BCUT2D eigenvalue weighted by molar-refractivity contribution is 0.148. The van der Waals surface area contributed by atoms with E-state index in [9.17, 15) is 8.42 Å². The van der Waals surface area contributed by atoms with Crippen LogP contribution in [0.5, 0.6) is 0 Å². The highest BCUT2D eigenvalue weighted by molar-refractivity contribution is 7.90. The number of likely N-dealkylation sites (N-methyl/N-ethyl adjacent to an activating group) is 1. The lowest BCUT2D eigenvalue weighted by Crippen LogP contribution is -2.43. The van der Waals surface area contributed by atoms with Crippen LogP contribution in [0.4, 0.5) is 0 Å². The minimum atomic E-state index is -3.85. The molecule has 5 nitrogen and oxygen atoms in total. The van der Waals surface area contributed by atoms with Gasteiger partial charge in [0.15, 0.2) is 0 Å². The number of hydrogen-bond donors (Lipinski definition) is 0. The average molecular weight is 515 g/mol. The van der Waals surface area contributed by atoms with Crippen molar-refractivity contribution < 1.29 is 8.42 Å². The minimum absolute atomic E-state index is 0.215. The first-order valence-corrected chi connectivity index (χ1v) is 13.1. The summed E-state index contributed by atoms with van der Waals surface area (Å²) >= 11 is 19.2. The SMILES string of the molecule is CC(C)c1ccc(S(=O)(=O)n2cc(CN3CCN(C)CC3)c3c(Cl)c(Cl)c(Cl)cc32)cc1. The van der Waals surface area contributed by atoms with E-state index in [1.54, 1.807) is 24.4 Å². The summed E-state index contributed by atoms with van der Waals surface area (Å²) in [6, 6.07) is 8.58. The third-order valence-corrected chi connectivity index (χ3v) is 9.02. The van der Waals surface area contributed by atoms with E-state index in [0.717, 1.165) is 37.3 Å². The molecule has 32 heavy (non-hydrogen) atoms. The number of halogens is 3. The first-order chi connectivity index (χ1) is 15.1. The second-order valence-corrected chi connectivity index (χ2v) is 11.6. The summed E-state index contributed by atoms with van der Waals surface area (Å²) < 4.78 is 28.5. The molecule has 0 unspecified atom stereocenters. The molecule has 4 rings (SSSR count). The molecular weight excluding hydrogens is 489 g/mol. The van der Waals surface area contributed by atoms with Crippen LogP contribution in [0.15, 0.2) is 41.4 Å². The summed E-state index contributed by atoms with van der Waals surface area (Å²) in [7, 11) is -1.76. The summed E-state index contributed by atoms with van der Waals surface area (Å²) in [5.41, 5.74) is 2.33. The predicted octanol–water partition coefficient (Wildman–Crippen LogP) is 5.71. The molecule has 0 bridgehead atoms. The Balaban J connectivity index is 1.84. The highest BCUT2D eigenvalue weighted by atomic mass is 35.5. The number of hydrogen-bond acceptors (Lipinski definition) is 4. The van der Waals surface area contributed by atoms with E-state index in [1.807, 2.05) is 12.1 Å². The van der Waals surface area contributed by atoms with Crippen LogP contribution >= 0.6 is 34.8 Å². The molecule has 0 radical (unpaired) electrons. The van der Waals surface area contributed by atoms with Crippen LogP contribution in [0.3, 0.4) is 0 Å². The van der Waals surface area contributed by atoms with Crippen molar-refractivity contribution in [2.45, 2.75) is 31.2 Å². The second-order valence-electron chi connectivity index (χ2n) is 8.64. The Morgan fingerprint density at radius 1 is 0.969 bits per heavy atom. The molecule has 3 aromatic rings. The van der Waals surface area contributed by atoms with E-state index in [0.29, 0.717) is 23.4 Å². The molecule has 0 aliphatic carbocycles. The van der Waals surface area contributed by atoms with Gasteiger partial charge in [0, 0.05) is 44.3 Å². The number of benzene rings is 2. The molecule has 2 heterocycles. The summed E-state index contributed by atoms with van der Waals surface area (Å²) in [6.45, 7) is 8.43. The molecule has 0 amide bonds. The maximum atomic E-state index is 13.6. The van der Waals surface area contributed by atoms with Crippen LogP contribution in [0.2, 0.25) is 15.1 Å². The number of fused-ring (bicyclic) bond motifs is 1. The van der Waals surface area contributed by atoms with Crippen molar-refractivity contribution in [3.63, 3.8) is 0 Å². The Hall–Kier alpha value is -1.28. The zero-order chi connectivity index (χ0) is 23.2. The van der Waals surface area contributed by atoms with E-state index in [1.165, 1.54) is 3.97 Å². The molecule has 2 aromatic carbocycles. The molecule has 1 saturated heterocycles. The van der Waals surface area contributed by atoms with Gasteiger partial charge in [-0.2, -0.15) is 0 Å². The molecule has 1 aliphatic heterocycles. The quantitative estimate of drug-likeness (QED) is 0.409. The van der Waals surface area contributed by atoms with Crippen molar-refractivity contribution in [2.24, 2.45) is 0 Å². The van der Waals surface area contributed by atoms with Crippen LogP contribution in [-0.2, 0) is 16.6 Å². The lowest BCUT2D eigenvalue weighted by atomic mass is 10.0. The number of rotatable bonds is 5. The Labute approximate surface area is 204 Å². The molecule has 0 spiro atoms. The predicted molar refractivity (Wildman–Crippen MR) is 133 cm³/mol. The summed E-state index contributed by atoms with van der Waals surface area (Å²) in [4.78, 5) is 4.78. The van der Waals surface area contributed by atoms with E-state index in [4.69, 9.17) is 34.8 Å². The molecule has 172 valence electrons. The molecular formula is C23H26Cl3N3O2S. The third-order valence-electron chi connectivity index (χ3n) is 6.07. The normalized spacial score (nSPS) is 16.3. The van der Waals surface area contributed by atoms with Crippen LogP contribution < -0.4 is 0 Å². The van der Waals surface area contributed by atoms with Crippen LogP contribution in [-0.4, -0.2) is 55.4 Å². The lowest BCUT2D eigenvalue weighted by Gasteiger charge is -2.32. The van der Waals surface area contributed by atoms with Crippen LogP contribution in [0.25, 0.3) is 10.9 Å². The monoisotopic (exact) mass is 513 g/mol. The highest BCUT2D eigenvalue weighted by Gasteiger charge is 2.26. The van der Waals surface area contributed by atoms with Gasteiger partial charge in [-0.1, -0.05) is 60.8 Å². The molecule has 0 saturated carbocycles. The molecule has 0 atom stereocenters. The Kier molecular flexibility index (Phi) is 6.83. The van der Waals surface area contributed by atoms with Gasteiger partial charge in [0.05, 0.1) is 25.5 Å². The molecule has 1 aromatic heterocycles. The first-order valence-electron chi connectivity index (χ1n) is 10.5. The van der Waals surface area contributed by atoms with Gasteiger partial charge in [-0.3, -0.25) is 4.90 Å². The van der Waals surface area contributed by atoms with Crippen LogP contribution in [0, 0.1) is 0 Å². The van der Waals surface area contributed by atoms with Gasteiger partial charge in [-0.05, 0) is 42.3 Å². The first kappa shape index (κ1) is 23.9. The van der Waals surface area contributed by atoms with E-state index < -0.39 is 10.0 Å². The van der Waals surface area contributed by atoms with Gasteiger partial charge in [0.2, 0.25) is 0 Å². The smallest absolute Gasteiger partial charge is 0.268 e. The van der Waals surface area contributed by atoms with Crippen LogP contribution in [0.1, 0.15) is 30.9 Å². The topological polar surface area (TPSA) is 45.6 Å². The fourth-order valence-electron chi connectivity index (χ4n) is 4.04. The van der Waals surface area contributed by atoms with Gasteiger partial charge in [0.1, 0.15) is 0 Å². The zero-order valence-electron chi connectivity index (χ0n) is 18.3. The fraction of sp³-hybridized carbons (Fsp3) is 0.391. The standard InChI is InChI=1S/C23H26Cl3N3O2S/c1-15(2)16-4-6-18(7-5-16)32(30,31)29-14-17(13-28-10-8-27(3)9-11-28)21-20(29)12-19(24)22(25)23(21)26/h4-7,12,14-15H,8-11,13H2,1-3H3. The third kappa shape index (κ3) is 4.41. The van der Waals surface area contributed by atoms with Crippen molar-refractivity contribution >= 4 is 55.7 Å². The average Bonchev–Trinajstić information content (AvgIpc) is 3.12. The summed E-state index contributed by atoms with van der Waals surface area (Å²) in [6.07, 6.45) is 1.66. The zero-order valence-corrected chi connectivity index (χ0v) is 21.4. The van der Waals surface area contributed by atoms with Gasteiger partial charge < -0.3 is 4.90 Å². The van der Waals surface area contributed by atoms with E-state index >= 15 is 0 Å². The minimum Gasteiger partial charge on any atom is -0.304 e. The van der Waals surface area contributed by atoms with Gasteiger partial charge in [-0.15, -0.1) is 0 Å². The fourth-order valence-corrected chi connectivity index (χ4v) is 6.13. The number of aromatic nitrogens is 1. The van der Waals surface area contributed by atoms with E-state index in [2.05, 4.69) is 30.7 Å². The number of nitrogens with zero attached hydrogens (tertiary/aromatic N) is 3. The Bertz CT molecular complexity index is 1250. The molecule has 1 fully saturated rings. The van der Waals surface area contributed by atoms with Crippen molar-refractivity contribution in [1.82, 2.24) is 13.8 Å². The van der Waals surface area contributed by atoms with Gasteiger partial charge in [0.25, 0.3) is 10.0 Å². The highest BCUT2D eigenvalue weighted by Crippen LogP contribution is 2.40. The maximum absolute atomic E-state index is 13.6. The van der Waals surface area contributed by atoms with Gasteiger partial charge >= 0.3 is 0 Å². The molecule has 0 N–H and O–H groups in total. The number of piperazine rings is 1. The Morgan fingerprint density at radius 2 is 1.59 bits per heavy atom. The molecule has 1 aliphatic rings. The van der Waals surface area contributed by atoms with Crippen molar-refractivity contribution in [2.75, 3.05) is 33.2 Å². The second kappa shape index (κ2) is 9.16. The van der Waals surface area contributed by atoms with Crippen molar-refractivity contribution in [1.29, 1.82) is 0 Å². The van der Waals surface area contributed by atoms with Crippen molar-refractivity contribution in [3.05, 3.63) is 62.7 Å². The summed E-state index contributed by atoms with van der Waals surface area (Å²) in [5.74, 6) is 0.314. The summed E-state index contributed by atoms with van der Waals surface area (Å²) in [5, 5.41) is 1.36. The van der Waals surface area contributed by atoms with Crippen molar-refractivity contribution in [3.8, 4) is 0 Å². The largest absolute Gasteiger partial charge is 0.304 e. The molecule has 9 heteroatoms. The Morgan fingerprint density at radius 3 is 2.19 bits per heavy atom. The maximum Gasteiger partial charge on any atom is 0.268 e. The van der Waals surface area contributed by atoms with Gasteiger partial charge in [-0.25, -0.2) is 12.4 Å². The van der Waals surface area contributed by atoms with E-state index in [-0.39, 0.29) is 20.0 Å².